The number of hydrogen-bond donors (Lipinski definition) is 1. The average molecular weight is 226 g/mol. The van der Waals surface area contributed by atoms with Crippen LogP contribution in [0.25, 0.3) is 0 Å². The zero-order valence-electron chi connectivity index (χ0n) is 10.1. The molecule has 3 heteroatoms. The van der Waals surface area contributed by atoms with Crippen molar-refractivity contribution in [1.82, 2.24) is 0 Å². The van der Waals surface area contributed by atoms with Crippen LogP contribution in [0.1, 0.15) is 51.4 Å². The van der Waals surface area contributed by atoms with E-state index in [4.69, 9.17) is 4.74 Å². The van der Waals surface area contributed by atoms with Gasteiger partial charge in [-0.1, -0.05) is 19.3 Å². The summed E-state index contributed by atoms with van der Waals surface area (Å²) in [6.45, 7) is 0. The molecule has 0 bridgehead atoms. The van der Waals surface area contributed by atoms with Gasteiger partial charge in [-0.3, -0.25) is 4.79 Å². The molecular formula is C13H22O3. The van der Waals surface area contributed by atoms with Crippen LogP contribution in [-0.4, -0.2) is 24.3 Å². The molecule has 3 nitrogen and oxygen atoms in total. The molecule has 16 heavy (non-hydrogen) atoms. The van der Waals surface area contributed by atoms with E-state index in [1.165, 1.54) is 39.2 Å². The Hall–Kier alpha value is -0.570. The van der Waals surface area contributed by atoms with Gasteiger partial charge in [0.05, 0.1) is 19.1 Å². The lowest BCUT2D eigenvalue weighted by Gasteiger charge is -2.44. The number of hydrogen-bond acceptors (Lipinski definition) is 3. The molecule has 2 saturated carbocycles. The maximum Gasteiger partial charge on any atom is 0.311 e. The number of carbonyl (C=O) groups excluding carboxylic acids is 1. The lowest BCUT2D eigenvalue weighted by Crippen LogP contribution is -2.41. The Morgan fingerprint density at radius 1 is 1.25 bits per heavy atom. The van der Waals surface area contributed by atoms with Crippen molar-refractivity contribution in [3.05, 3.63) is 0 Å². The summed E-state index contributed by atoms with van der Waals surface area (Å²) in [5.41, 5.74) is 0.330. The third-order valence-corrected chi connectivity index (χ3v) is 4.51. The Bertz CT molecular complexity index is 256. The van der Waals surface area contributed by atoms with Crippen LogP contribution in [0.2, 0.25) is 0 Å². The van der Waals surface area contributed by atoms with E-state index in [0.29, 0.717) is 5.41 Å². The molecule has 2 atom stereocenters. The second-order valence-corrected chi connectivity index (χ2v) is 5.50. The van der Waals surface area contributed by atoms with Gasteiger partial charge in [-0.25, -0.2) is 0 Å². The Kier molecular flexibility index (Phi) is 3.53. The summed E-state index contributed by atoms with van der Waals surface area (Å²) in [4.78, 5) is 11.6. The fraction of sp³-hybridized carbons (Fsp3) is 0.923. The van der Waals surface area contributed by atoms with Crippen molar-refractivity contribution < 1.29 is 14.6 Å². The van der Waals surface area contributed by atoms with E-state index >= 15 is 0 Å². The van der Waals surface area contributed by atoms with Gasteiger partial charge in [0.15, 0.2) is 0 Å². The van der Waals surface area contributed by atoms with Gasteiger partial charge in [0.1, 0.15) is 0 Å². The zero-order valence-corrected chi connectivity index (χ0v) is 10.1. The van der Waals surface area contributed by atoms with Crippen LogP contribution < -0.4 is 0 Å². The molecule has 0 aliphatic heterocycles. The van der Waals surface area contributed by atoms with Crippen molar-refractivity contribution in [3.8, 4) is 0 Å². The van der Waals surface area contributed by atoms with Gasteiger partial charge in [0, 0.05) is 0 Å². The topological polar surface area (TPSA) is 46.5 Å². The molecule has 1 spiro atoms. The van der Waals surface area contributed by atoms with Crippen LogP contribution in [0, 0.1) is 11.3 Å². The molecule has 0 radical (unpaired) electrons. The van der Waals surface area contributed by atoms with Gasteiger partial charge < -0.3 is 9.84 Å². The summed E-state index contributed by atoms with van der Waals surface area (Å²) in [7, 11) is 1.41. The van der Waals surface area contributed by atoms with Crippen molar-refractivity contribution in [2.45, 2.75) is 57.5 Å². The summed E-state index contributed by atoms with van der Waals surface area (Å²) in [5, 5.41) is 9.88. The highest BCUT2D eigenvalue weighted by atomic mass is 16.5. The average Bonchev–Trinajstić information content (AvgIpc) is 2.33. The van der Waals surface area contributed by atoms with E-state index in [-0.39, 0.29) is 11.9 Å². The quantitative estimate of drug-likeness (QED) is 0.698. The summed E-state index contributed by atoms with van der Waals surface area (Å²) < 4.78 is 4.80. The molecular weight excluding hydrogens is 204 g/mol. The summed E-state index contributed by atoms with van der Waals surface area (Å²) >= 11 is 0. The molecule has 0 aromatic heterocycles. The van der Waals surface area contributed by atoms with Gasteiger partial charge in [-0.15, -0.1) is 0 Å². The molecule has 2 aliphatic carbocycles. The monoisotopic (exact) mass is 226 g/mol. The predicted octanol–water partition coefficient (Wildman–Crippen LogP) is 2.27. The minimum Gasteiger partial charge on any atom is -0.469 e. The normalized spacial score (nSPS) is 33.6. The SMILES string of the molecule is COC(=O)[C@H]1CC2(CCCCC2)CC[C@H]1O. The van der Waals surface area contributed by atoms with Crippen LogP contribution in [0.15, 0.2) is 0 Å². The Labute approximate surface area is 97.2 Å². The first-order valence-corrected chi connectivity index (χ1v) is 6.43. The smallest absolute Gasteiger partial charge is 0.311 e. The van der Waals surface area contributed by atoms with Crippen molar-refractivity contribution in [1.29, 1.82) is 0 Å². The van der Waals surface area contributed by atoms with Crippen LogP contribution >= 0.6 is 0 Å². The lowest BCUT2D eigenvalue weighted by atomic mass is 9.62. The molecule has 0 heterocycles. The minimum absolute atomic E-state index is 0.225. The maximum absolute atomic E-state index is 11.6. The van der Waals surface area contributed by atoms with Crippen molar-refractivity contribution in [2.75, 3.05) is 7.11 Å². The van der Waals surface area contributed by atoms with Crippen molar-refractivity contribution in [2.24, 2.45) is 11.3 Å². The zero-order chi connectivity index (χ0) is 11.6. The first kappa shape index (κ1) is 11.9. The number of ether oxygens (including phenoxy) is 1. The summed E-state index contributed by atoms with van der Waals surface area (Å²) in [5.74, 6) is -0.506. The highest BCUT2D eigenvalue weighted by molar-refractivity contribution is 5.73. The first-order valence-electron chi connectivity index (χ1n) is 6.43. The predicted molar refractivity (Wildman–Crippen MR) is 60.9 cm³/mol. The van der Waals surface area contributed by atoms with E-state index in [1.807, 2.05) is 0 Å². The third-order valence-electron chi connectivity index (χ3n) is 4.51. The molecule has 0 aromatic rings. The molecule has 0 unspecified atom stereocenters. The van der Waals surface area contributed by atoms with E-state index < -0.39 is 6.10 Å². The first-order chi connectivity index (χ1) is 7.67. The second kappa shape index (κ2) is 4.74. The number of carbonyl (C=O) groups is 1. The fourth-order valence-electron chi connectivity index (χ4n) is 3.51. The van der Waals surface area contributed by atoms with E-state index in [9.17, 15) is 9.90 Å². The Balaban J connectivity index is 2.05. The van der Waals surface area contributed by atoms with Gasteiger partial charge in [0.2, 0.25) is 0 Å². The Morgan fingerprint density at radius 2 is 1.94 bits per heavy atom. The highest BCUT2D eigenvalue weighted by Crippen LogP contribution is 2.49. The van der Waals surface area contributed by atoms with Gasteiger partial charge >= 0.3 is 5.97 Å². The van der Waals surface area contributed by atoms with E-state index in [2.05, 4.69) is 0 Å². The Morgan fingerprint density at radius 3 is 2.56 bits per heavy atom. The number of methoxy groups -OCH3 is 1. The minimum atomic E-state index is -0.486. The second-order valence-electron chi connectivity index (χ2n) is 5.50. The largest absolute Gasteiger partial charge is 0.469 e. The standard InChI is InChI=1S/C13H22O3/c1-16-12(15)10-9-13(8-5-11(10)14)6-3-2-4-7-13/h10-11,14H,2-9H2,1H3/t10-,11+/m0/s1. The molecule has 2 aliphatic rings. The molecule has 2 fully saturated rings. The molecule has 0 amide bonds. The number of esters is 1. The molecule has 0 saturated heterocycles. The number of aliphatic hydroxyl groups excluding tert-OH is 1. The molecule has 1 N–H and O–H groups in total. The summed E-state index contributed by atoms with van der Waals surface area (Å²) in [6.07, 6.45) is 8.55. The van der Waals surface area contributed by atoms with Gasteiger partial charge in [-0.05, 0) is 37.5 Å². The van der Waals surface area contributed by atoms with Gasteiger partial charge in [0.25, 0.3) is 0 Å². The number of aliphatic hydroxyl groups is 1. The lowest BCUT2D eigenvalue weighted by molar-refractivity contribution is -0.154. The van der Waals surface area contributed by atoms with Crippen molar-refractivity contribution >= 4 is 5.97 Å². The summed E-state index contributed by atoms with van der Waals surface area (Å²) in [6, 6.07) is 0. The van der Waals surface area contributed by atoms with Crippen LogP contribution in [0.3, 0.4) is 0 Å². The highest BCUT2D eigenvalue weighted by Gasteiger charge is 2.43. The van der Waals surface area contributed by atoms with E-state index in [1.54, 1.807) is 0 Å². The van der Waals surface area contributed by atoms with Crippen molar-refractivity contribution in [3.63, 3.8) is 0 Å². The van der Waals surface area contributed by atoms with Crippen LogP contribution in [0.5, 0.6) is 0 Å². The molecule has 92 valence electrons. The van der Waals surface area contributed by atoms with Crippen LogP contribution in [0.4, 0.5) is 0 Å². The van der Waals surface area contributed by atoms with E-state index in [0.717, 1.165) is 19.3 Å². The third kappa shape index (κ3) is 2.24. The molecule has 2 rings (SSSR count). The maximum atomic E-state index is 11.6. The van der Waals surface area contributed by atoms with Crippen LogP contribution in [-0.2, 0) is 9.53 Å². The van der Waals surface area contributed by atoms with Gasteiger partial charge in [-0.2, -0.15) is 0 Å². The molecule has 0 aromatic carbocycles. The number of rotatable bonds is 1. The fourth-order valence-corrected chi connectivity index (χ4v) is 3.51.